The zero-order valence-corrected chi connectivity index (χ0v) is 11.8. The Bertz CT molecular complexity index is 617. The average Bonchev–Trinajstić information content (AvgIpc) is 2.38. The Morgan fingerprint density at radius 2 is 2.06 bits per heavy atom. The highest BCUT2D eigenvalue weighted by Gasteiger charge is 2.09. The van der Waals surface area contributed by atoms with Crippen LogP contribution in [0.1, 0.15) is 30.7 Å². The third kappa shape index (κ3) is 2.34. The van der Waals surface area contributed by atoms with Crippen LogP contribution >= 0.6 is 12.2 Å². The maximum atomic E-state index is 5.35. The Balaban J connectivity index is 2.62. The Hall–Kier alpha value is -1.55. The van der Waals surface area contributed by atoms with E-state index in [1.54, 1.807) is 6.20 Å². The molecule has 0 bridgehead atoms. The molecular weight excluding hydrogens is 242 g/mol. The molecule has 0 aliphatic heterocycles. The van der Waals surface area contributed by atoms with Crippen molar-refractivity contribution in [2.24, 2.45) is 0 Å². The SMILES string of the molecule is CCc1cccnc1-c1nc(=S)c(CC)c(C)[nH]1. The average molecular weight is 259 g/mol. The van der Waals surface area contributed by atoms with E-state index in [2.05, 4.69) is 34.9 Å². The van der Waals surface area contributed by atoms with Gasteiger partial charge < -0.3 is 4.98 Å². The highest BCUT2D eigenvalue weighted by Crippen LogP contribution is 2.19. The molecule has 0 saturated heterocycles. The van der Waals surface area contributed by atoms with Crippen LogP contribution in [-0.4, -0.2) is 15.0 Å². The largest absolute Gasteiger partial charge is 0.342 e. The van der Waals surface area contributed by atoms with Crippen LogP contribution in [0, 0.1) is 11.6 Å². The summed E-state index contributed by atoms with van der Waals surface area (Å²) in [5.74, 6) is 0.771. The number of aromatic amines is 1. The number of hydrogen-bond donors (Lipinski definition) is 1. The molecule has 2 aromatic rings. The number of hydrogen-bond acceptors (Lipinski definition) is 3. The molecule has 0 aromatic carbocycles. The Morgan fingerprint density at radius 3 is 2.67 bits per heavy atom. The molecule has 0 fully saturated rings. The number of nitrogens with zero attached hydrogens (tertiary/aromatic N) is 2. The van der Waals surface area contributed by atoms with Gasteiger partial charge in [0.15, 0.2) is 5.82 Å². The summed E-state index contributed by atoms with van der Waals surface area (Å²) in [6.07, 6.45) is 3.62. The van der Waals surface area contributed by atoms with Crippen molar-refractivity contribution in [3.05, 3.63) is 39.8 Å². The first kappa shape index (κ1) is 12.9. The van der Waals surface area contributed by atoms with Gasteiger partial charge in [0.05, 0.1) is 0 Å². The molecule has 2 aromatic heterocycles. The number of pyridine rings is 1. The standard InChI is InChI=1S/C14H17N3S/c1-4-10-7-6-8-15-12(10)13-16-9(3)11(5-2)14(18)17-13/h6-8H,4-5H2,1-3H3,(H,16,17,18). The number of aryl methyl sites for hydroxylation is 2. The first-order valence-corrected chi connectivity index (χ1v) is 6.62. The summed E-state index contributed by atoms with van der Waals surface area (Å²) in [6.45, 7) is 6.24. The molecule has 1 N–H and O–H groups in total. The van der Waals surface area contributed by atoms with Crippen molar-refractivity contribution in [1.82, 2.24) is 15.0 Å². The third-order valence-electron chi connectivity index (χ3n) is 3.08. The maximum Gasteiger partial charge on any atom is 0.158 e. The van der Waals surface area contributed by atoms with E-state index in [0.29, 0.717) is 4.64 Å². The summed E-state index contributed by atoms with van der Waals surface area (Å²) in [7, 11) is 0. The first-order valence-electron chi connectivity index (χ1n) is 6.21. The fourth-order valence-electron chi connectivity index (χ4n) is 2.08. The Kier molecular flexibility index (Phi) is 3.87. The molecule has 0 aliphatic carbocycles. The highest BCUT2D eigenvalue weighted by atomic mass is 32.1. The van der Waals surface area contributed by atoms with Crippen molar-refractivity contribution < 1.29 is 0 Å². The maximum absolute atomic E-state index is 5.35. The minimum atomic E-state index is 0.677. The lowest BCUT2D eigenvalue weighted by Gasteiger charge is -2.09. The van der Waals surface area contributed by atoms with Gasteiger partial charge in [-0.05, 0) is 31.4 Å². The van der Waals surface area contributed by atoms with Gasteiger partial charge in [-0.25, -0.2) is 4.98 Å². The molecule has 0 aliphatic rings. The molecule has 0 unspecified atom stereocenters. The summed E-state index contributed by atoms with van der Waals surface area (Å²) in [4.78, 5) is 12.2. The van der Waals surface area contributed by atoms with Gasteiger partial charge in [0.25, 0.3) is 0 Å². The monoisotopic (exact) mass is 259 g/mol. The molecular formula is C14H17N3S. The van der Waals surface area contributed by atoms with Crippen molar-refractivity contribution in [2.45, 2.75) is 33.6 Å². The van der Waals surface area contributed by atoms with E-state index in [1.165, 1.54) is 5.56 Å². The quantitative estimate of drug-likeness (QED) is 0.856. The fraction of sp³-hybridized carbons (Fsp3) is 0.357. The lowest BCUT2D eigenvalue weighted by atomic mass is 10.1. The summed E-state index contributed by atoms with van der Waals surface area (Å²) in [5, 5.41) is 0. The van der Waals surface area contributed by atoms with Gasteiger partial charge in [0, 0.05) is 17.5 Å². The van der Waals surface area contributed by atoms with Gasteiger partial charge in [0.1, 0.15) is 10.3 Å². The van der Waals surface area contributed by atoms with Crippen LogP contribution in [0.4, 0.5) is 0 Å². The van der Waals surface area contributed by atoms with Gasteiger partial charge in [-0.15, -0.1) is 0 Å². The van der Waals surface area contributed by atoms with E-state index in [4.69, 9.17) is 12.2 Å². The molecule has 18 heavy (non-hydrogen) atoms. The van der Waals surface area contributed by atoms with Crippen LogP contribution in [0.2, 0.25) is 0 Å². The molecule has 0 spiro atoms. The molecule has 94 valence electrons. The first-order chi connectivity index (χ1) is 8.67. The second-order valence-electron chi connectivity index (χ2n) is 4.21. The van der Waals surface area contributed by atoms with E-state index in [0.717, 1.165) is 35.6 Å². The second kappa shape index (κ2) is 5.40. The van der Waals surface area contributed by atoms with E-state index < -0.39 is 0 Å². The molecule has 0 saturated carbocycles. The van der Waals surface area contributed by atoms with E-state index in [9.17, 15) is 0 Å². The number of nitrogens with one attached hydrogen (secondary N) is 1. The predicted octanol–water partition coefficient (Wildman–Crippen LogP) is 3.63. The summed E-state index contributed by atoms with van der Waals surface area (Å²) in [6, 6.07) is 4.02. The van der Waals surface area contributed by atoms with Gasteiger partial charge in [-0.2, -0.15) is 0 Å². The normalized spacial score (nSPS) is 10.6. The van der Waals surface area contributed by atoms with Crippen molar-refractivity contribution in [3.63, 3.8) is 0 Å². The smallest absolute Gasteiger partial charge is 0.158 e. The van der Waals surface area contributed by atoms with Crippen molar-refractivity contribution in [1.29, 1.82) is 0 Å². The summed E-state index contributed by atoms with van der Waals surface area (Å²) in [5.41, 5.74) is 4.28. The van der Waals surface area contributed by atoms with Crippen molar-refractivity contribution in [3.8, 4) is 11.5 Å². The molecule has 0 radical (unpaired) electrons. The van der Waals surface area contributed by atoms with Gasteiger partial charge in [-0.3, -0.25) is 4.98 Å². The fourth-order valence-corrected chi connectivity index (χ4v) is 2.46. The Labute approximate surface area is 112 Å². The van der Waals surface area contributed by atoms with Gasteiger partial charge in [0.2, 0.25) is 0 Å². The van der Waals surface area contributed by atoms with E-state index in [-0.39, 0.29) is 0 Å². The number of rotatable bonds is 3. The zero-order chi connectivity index (χ0) is 13.1. The molecule has 2 rings (SSSR count). The van der Waals surface area contributed by atoms with E-state index >= 15 is 0 Å². The third-order valence-corrected chi connectivity index (χ3v) is 3.42. The Morgan fingerprint density at radius 1 is 1.28 bits per heavy atom. The van der Waals surface area contributed by atoms with Gasteiger partial charge in [-0.1, -0.05) is 32.1 Å². The molecule has 4 heteroatoms. The minimum absolute atomic E-state index is 0.677. The van der Waals surface area contributed by atoms with Gasteiger partial charge >= 0.3 is 0 Å². The molecule has 3 nitrogen and oxygen atoms in total. The van der Waals surface area contributed by atoms with Crippen LogP contribution in [0.3, 0.4) is 0 Å². The topological polar surface area (TPSA) is 41.6 Å². The minimum Gasteiger partial charge on any atom is -0.342 e. The lowest BCUT2D eigenvalue weighted by molar-refractivity contribution is 0.974. The van der Waals surface area contributed by atoms with Crippen LogP contribution in [0.25, 0.3) is 11.5 Å². The lowest BCUT2D eigenvalue weighted by Crippen LogP contribution is -2.02. The van der Waals surface area contributed by atoms with Crippen LogP contribution in [-0.2, 0) is 12.8 Å². The van der Waals surface area contributed by atoms with E-state index in [1.807, 2.05) is 13.0 Å². The highest BCUT2D eigenvalue weighted by molar-refractivity contribution is 7.71. The molecule has 0 atom stereocenters. The summed E-state index contributed by atoms with van der Waals surface area (Å²) >= 11 is 5.35. The van der Waals surface area contributed by atoms with Crippen LogP contribution in [0.15, 0.2) is 18.3 Å². The van der Waals surface area contributed by atoms with Crippen LogP contribution in [0.5, 0.6) is 0 Å². The number of H-pyrrole nitrogens is 1. The van der Waals surface area contributed by atoms with Crippen molar-refractivity contribution in [2.75, 3.05) is 0 Å². The molecule has 0 amide bonds. The zero-order valence-electron chi connectivity index (χ0n) is 10.9. The van der Waals surface area contributed by atoms with Crippen molar-refractivity contribution >= 4 is 12.2 Å². The number of aromatic nitrogens is 3. The predicted molar refractivity (Wildman–Crippen MR) is 76.1 cm³/mol. The second-order valence-corrected chi connectivity index (χ2v) is 4.60. The molecule has 2 heterocycles. The summed E-state index contributed by atoms with van der Waals surface area (Å²) < 4.78 is 0.677. The van der Waals surface area contributed by atoms with Crippen LogP contribution < -0.4 is 0 Å².